The molecule has 1 amide bonds. The van der Waals surface area contributed by atoms with Gasteiger partial charge in [0.15, 0.2) is 12.4 Å². The second-order valence-electron chi connectivity index (χ2n) is 6.72. The number of nitrogens with one attached hydrogen (secondary N) is 1. The summed E-state index contributed by atoms with van der Waals surface area (Å²) in [5.41, 5.74) is 2.43. The van der Waals surface area contributed by atoms with E-state index in [9.17, 15) is 14.4 Å². The molecule has 2 heterocycles. The van der Waals surface area contributed by atoms with Gasteiger partial charge in [0, 0.05) is 42.4 Å². The van der Waals surface area contributed by atoms with Crippen LogP contribution in [0.5, 0.6) is 5.75 Å². The average molecular weight is 352 g/mol. The number of H-pyrrole nitrogens is 1. The Hall–Kier alpha value is -2.89. The summed E-state index contributed by atoms with van der Waals surface area (Å²) in [5, 5.41) is 0. The fraction of sp³-hybridized carbons (Fsp3) is 0.350. The number of hydrogen-bond acceptors (Lipinski definition) is 4. The van der Waals surface area contributed by atoms with Crippen LogP contribution >= 0.6 is 0 Å². The highest BCUT2D eigenvalue weighted by Crippen LogP contribution is 2.30. The lowest BCUT2D eigenvalue weighted by Crippen LogP contribution is -2.27. The highest BCUT2D eigenvalue weighted by molar-refractivity contribution is 6.02. The van der Waals surface area contributed by atoms with E-state index in [0.29, 0.717) is 35.4 Å². The van der Waals surface area contributed by atoms with Gasteiger partial charge in [-0.15, -0.1) is 0 Å². The smallest absolute Gasteiger partial charge is 0.270 e. The molecule has 1 aliphatic heterocycles. The largest absolute Gasteiger partial charge is 0.485 e. The zero-order chi connectivity index (χ0) is 18.1. The summed E-state index contributed by atoms with van der Waals surface area (Å²) < 4.78 is 5.67. The summed E-state index contributed by atoms with van der Waals surface area (Å²) in [6.07, 6.45) is 4.74. The highest BCUT2D eigenvalue weighted by Gasteiger charge is 2.24. The molecule has 6 heteroatoms. The number of amides is 1. The molecule has 1 aliphatic carbocycles. The maximum atomic E-state index is 12.4. The van der Waals surface area contributed by atoms with Crippen LogP contribution in [-0.2, 0) is 6.42 Å². The molecule has 0 atom stereocenters. The van der Waals surface area contributed by atoms with E-state index in [2.05, 4.69) is 4.98 Å². The van der Waals surface area contributed by atoms with Crippen molar-refractivity contribution in [2.45, 2.75) is 25.7 Å². The number of likely N-dealkylation sites (tertiary alicyclic amines) is 1. The van der Waals surface area contributed by atoms with Gasteiger partial charge < -0.3 is 14.6 Å². The third-order valence-corrected chi connectivity index (χ3v) is 5.02. The Bertz CT molecular complexity index is 878. The van der Waals surface area contributed by atoms with Crippen molar-refractivity contribution in [3.63, 3.8) is 0 Å². The number of ketones is 2. The Morgan fingerprint density at radius 2 is 1.96 bits per heavy atom. The Balaban J connectivity index is 1.42. The molecule has 1 saturated heterocycles. The van der Waals surface area contributed by atoms with Crippen molar-refractivity contribution in [3.05, 3.63) is 52.8 Å². The quantitative estimate of drug-likeness (QED) is 0.839. The van der Waals surface area contributed by atoms with Gasteiger partial charge in [0.25, 0.3) is 5.91 Å². The number of rotatable bonds is 5. The van der Waals surface area contributed by atoms with Crippen LogP contribution < -0.4 is 4.74 Å². The van der Waals surface area contributed by atoms with Gasteiger partial charge in [-0.2, -0.15) is 0 Å². The fourth-order valence-corrected chi connectivity index (χ4v) is 3.59. The predicted molar refractivity (Wildman–Crippen MR) is 94.8 cm³/mol. The maximum absolute atomic E-state index is 12.4. The van der Waals surface area contributed by atoms with Gasteiger partial charge in [0.05, 0.1) is 0 Å². The number of aromatic amines is 1. The summed E-state index contributed by atoms with van der Waals surface area (Å²) in [6.45, 7) is 1.41. The number of carbonyl (C=O) groups is 3. The van der Waals surface area contributed by atoms with Crippen molar-refractivity contribution >= 4 is 17.5 Å². The van der Waals surface area contributed by atoms with Gasteiger partial charge in [-0.1, -0.05) is 12.1 Å². The zero-order valence-corrected chi connectivity index (χ0v) is 14.4. The Kier molecular flexibility index (Phi) is 4.32. The van der Waals surface area contributed by atoms with Gasteiger partial charge in [-0.05, 0) is 31.4 Å². The number of hydrogen-bond donors (Lipinski definition) is 1. The van der Waals surface area contributed by atoms with Crippen LogP contribution in [0.2, 0.25) is 0 Å². The monoisotopic (exact) mass is 352 g/mol. The van der Waals surface area contributed by atoms with Crippen molar-refractivity contribution < 1.29 is 19.1 Å². The number of ether oxygens (including phenoxy) is 1. The Morgan fingerprint density at radius 1 is 1.15 bits per heavy atom. The van der Waals surface area contributed by atoms with E-state index < -0.39 is 0 Å². The highest BCUT2D eigenvalue weighted by atomic mass is 16.5. The van der Waals surface area contributed by atoms with Crippen LogP contribution in [0.4, 0.5) is 0 Å². The number of fused-ring (bicyclic) bond motifs is 1. The SMILES string of the molecule is O=C(COc1cccc2c1CCC2=O)c1c[nH]c(C(=O)N2CCCC2)c1. The van der Waals surface area contributed by atoms with Crippen molar-refractivity contribution in [2.24, 2.45) is 0 Å². The molecule has 1 aromatic carbocycles. The van der Waals surface area contributed by atoms with Crippen LogP contribution in [0.3, 0.4) is 0 Å². The van der Waals surface area contributed by atoms with E-state index in [0.717, 1.165) is 31.5 Å². The molecule has 6 nitrogen and oxygen atoms in total. The first-order valence-electron chi connectivity index (χ1n) is 8.92. The summed E-state index contributed by atoms with van der Waals surface area (Å²) in [5.74, 6) is 0.434. The van der Waals surface area contributed by atoms with Crippen LogP contribution in [-0.4, -0.2) is 47.1 Å². The van der Waals surface area contributed by atoms with E-state index in [1.54, 1.807) is 35.4 Å². The van der Waals surface area contributed by atoms with Crippen molar-refractivity contribution in [1.29, 1.82) is 0 Å². The summed E-state index contributed by atoms with van der Waals surface area (Å²) >= 11 is 0. The molecular weight excluding hydrogens is 332 g/mol. The first-order valence-corrected chi connectivity index (χ1v) is 8.92. The molecule has 4 rings (SSSR count). The van der Waals surface area contributed by atoms with Gasteiger partial charge in [0.2, 0.25) is 5.78 Å². The lowest BCUT2D eigenvalue weighted by atomic mass is 10.1. The first-order chi connectivity index (χ1) is 12.6. The summed E-state index contributed by atoms with van der Waals surface area (Å²) in [7, 11) is 0. The van der Waals surface area contributed by atoms with E-state index in [-0.39, 0.29) is 24.1 Å². The van der Waals surface area contributed by atoms with Crippen molar-refractivity contribution in [3.8, 4) is 5.75 Å². The fourth-order valence-electron chi connectivity index (χ4n) is 3.59. The Morgan fingerprint density at radius 3 is 2.77 bits per heavy atom. The molecule has 0 spiro atoms. The second-order valence-corrected chi connectivity index (χ2v) is 6.72. The standard InChI is InChI=1S/C20H20N2O4/c23-17-7-6-15-14(17)4-3-5-19(15)26-12-18(24)13-10-16(21-11-13)20(25)22-8-1-2-9-22/h3-5,10-11,21H,1-2,6-9,12H2. The van der Waals surface area contributed by atoms with Gasteiger partial charge in [-0.25, -0.2) is 0 Å². The molecule has 0 bridgehead atoms. The third-order valence-electron chi connectivity index (χ3n) is 5.02. The summed E-state index contributed by atoms with van der Waals surface area (Å²) in [4.78, 5) is 41.2. The average Bonchev–Trinajstić information content (AvgIpc) is 3.40. The van der Waals surface area contributed by atoms with Crippen LogP contribution in [0.15, 0.2) is 30.5 Å². The number of Topliss-reactive ketones (excluding diaryl/α,β-unsaturated/α-hetero) is 2. The lowest BCUT2D eigenvalue weighted by Gasteiger charge is -2.13. The second kappa shape index (κ2) is 6.78. The Labute approximate surface area is 151 Å². The maximum Gasteiger partial charge on any atom is 0.270 e. The number of aromatic nitrogens is 1. The molecule has 1 aromatic heterocycles. The normalized spacial score (nSPS) is 16.0. The molecule has 0 unspecified atom stereocenters. The number of benzene rings is 1. The molecule has 2 aliphatic rings. The summed E-state index contributed by atoms with van der Waals surface area (Å²) in [6, 6.07) is 6.93. The molecule has 2 aromatic rings. The van der Waals surface area contributed by atoms with Crippen LogP contribution in [0.25, 0.3) is 0 Å². The van der Waals surface area contributed by atoms with Gasteiger partial charge in [0.1, 0.15) is 11.4 Å². The minimum absolute atomic E-state index is 0.0677. The van der Waals surface area contributed by atoms with E-state index in [1.807, 2.05) is 0 Å². The van der Waals surface area contributed by atoms with E-state index in [4.69, 9.17) is 4.74 Å². The molecule has 134 valence electrons. The van der Waals surface area contributed by atoms with Gasteiger partial charge >= 0.3 is 0 Å². The number of carbonyl (C=O) groups excluding carboxylic acids is 3. The molecule has 1 fully saturated rings. The van der Waals surface area contributed by atoms with Crippen molar-refractivity contribution in [2.75, 3.05) is 19.7 Å². The van der Waals surface area contributed by atoms with Crippen molar-refractivity contribution in [1.82, 2.24) is 9.88 Å². The third kappa shape index (κ3) is 3.03. The molecule has 0 saturated carbocycles. The van der Waals surface area contributed by atoms with Gasteiger partial charge in [-0.3, -0.25) is 14.4 Å². The van der Waals surface area contributed by atoms with Crippen LogP contribution in [0.1, 0.15) is 56.0 Å². The lowest BCUT2D eigenvalue weighted by molar-refractivity contribution is 0.0787. The first kappa shape index (κ1) is 16.6. The minimum atomic E-state index is -0.205. The minimum Gasteiger partial charge on any atom is -0.485 e. The molecule has 1 N–H and O–H groups in total. The number of nitrogens with zero attached hydrogens (tertiary/aromatic N) is 1. The molecular formula is C20H20N2O4. The zero-order valence-electron chi connectivity index (χ0n) is 14.4. The van der Waals surface area contributed by atoms with E-state index >= 15 is 0 Å². The van der Waals surface area contributed by atoms with Crippen LogP contribution in [0, 0.1) is 0 Å². The topological polar surface area (TPSA) is 79.5 Å². The van der Waals surface area contributed by atoms with E-state index in [1.165, 1.54) is 0 Å². The molecule has 26 heavy (non-hydrogen) atoms. The predicted octanol–water partition coefficient (Wildman–Crippen LogP) is 2.64. The molecule has 0 radical (unpaired) electrons.